The number of amides is 2. The van der Waals surface area contributed by atoms with E-state index >= 15 is 0 Å². The molecule has 2 amide bonds. The van der Waals surface area contributed by atoms with Crippen LogP contribution in [0.4, 0.5) is 5.69 Å². The molecule has 0 saturated carbocycles. The molecule has 1 aliphatic heterocycles. The van der Waals surface area contributed by atoms with Crippen LogP contribution in [-0.4, -0.2) is 42.2 Å². The predicted molar refractivity (Wildman–Crippen MR) is 111 cm³/mol. The molecule has 1 unspecified atom stereocenters. The van der Waals surface area contributed by atoms with Gasteiger partial charge >= 0.3 is 0 Å². The summed E-state index contributed by atoms with van der Waals surface area (Å²) in [6, 6.07) is 15.1. The number of rotatable bonds is 8. The monoisotopic (exact) mass is 400 g/mol. The number of ether oxygens (including phenoxy) is 2. The van der Waals surface area contributed by atoms with E-state index in [1.54, 1.807) is 11.8 Å². The Morgan fingerprint density at radius 2 is 1.75 bits per heavy atom. The van der Waals surface area contributed by atoms with Crippen molar-refractivity contribution < 1.29 is 19.1 Å². The van der Waals surface area contributed by atoms with Crippen molar-refractivity contribution in [1.29, 1.82) is 0 Å². The number of benzene rings is 2. The van der Waals surface area contributed by atoms with E-state index in [0.717, 1.165) is 22.7 Å². The Bertz CT molecular complexity index is 808. The molecule has 1 aliphatic rings. The maximum absolute atomic E-state index is 12.3. The molecule has 1 saturated heterocycles. The number of hydrogen-bond donors (Lipinski definition) is 1. The van der Waals surface area contributed by atoms with Crippen LogP contribution < -0.4 is 14.8 Å². The molecule has 0 aromatic heterocycles. The van der Waals surface area contributed by atoms with Gasteiger partial charge in [0, 0.05) is 12.6 Å². The van der Waals surface area contributed by atoms with Crippen molar-refractivity contribution in [3.05, 3.63) is 54.1 Å². The SMILES string of the molecule is CCOc1ccc(OCCN2C(=O)CSC2c2ccc(NC(C)=O)cc2)cc1. The summed E-state index contributed by atoms with van der Waals surface area (Å²) in [7, 11) is 0. The number of carbonyl (C=O) groups is 2. The summed E-state index contributed by atoms with van der Waals surface area (Å²) in [5.74, 6) is 2.02. The van der Waals surface area contributed by atoms with E-state index in [2.05, 4.69) is 5.32 Å². The third-order valence-corrected chi connectivity index (χ3v) is 5.48. The minimum absolute atomic E-state index is 0.0391. The molecular formula is C21H24N2O4S. The van der Waals surface area contributed by atoms with E-state index in [-0.39, 0.29) is 17.2 Å². The molecule has 6 nitrogen and oxygen atoms in total. The number of thioether (sulfide) groups is 1. The second-order valence-corrected chi connectivity index (χ2v) is 7.38. The summed E-state index contributed by atoms with van der Waals surface area (Å²) in [6.07, 6.45) is 0. The second-order valence-electron chi connectivity index (χ2n) is 6.31. The Labute approximate surface area is 169 Å². The summed E-state index contributed by atoms with van der Waals surface area (Å²) in [5, 5.41) is 2.71. The lowest BCUT2D eigenvalue weighted by molar-refractivity contribution is -0.128. The van der Waals surface area contributed by atoms with Gasteiger partial charge < -0.3 is 19.7 Å². The van der Waals surface area contributed by atoms with Crippen molar-refractivity contribution in [1.82, 2.24) is 4.90 Å². The van der Waals surface area contributed by atoms with Gasteiger partial charge in [0.15, 0.2) is 0 Å². The number of anilines is 1. The van der Waals surface area contributed by atoms with E-state index < -0.39 is 0 Å². The van der Waals surface area contributed by atoms with Crippen LogP contribution in [0.2, 0.25) is 0 Å². The molecular weight excluding hydrogens is 376 g/mol. The fraction of sp³-hybridized carbons (Fsp3) is 0.333. The zero-order valence-electron chi connectivity index (χ0n) is 16.0. The fourth-order valence-corrected chi connectivity index (χ4v) is 4.19. The zero-order valence-corrected chi connectivity index (χ0v) is 16.8. The van der Waals surface area contributed by atoms with Gasteiger partial charge in [-0.2, -0.15) is 0 Å². The van der Waals surface area contributed by atoms with Crippen molar-refractivity contribution in [3.63, 3.8) is 0 Å². The van der Waals surface area contributed by atoms with Crippen LogP contribution >= 0.6 is 11.8 Å². The molecule has 0 bridgehead atoms. The first-order chi connectivity index (χ1) is 13.6. The van der Waals surface area contributed by atoms with Crippen LogP contribution in [0.15, 0.2) is 48.5 Å². The normalized spacial score (nSPS) is 16.1. The standard InChI is InChI=1S/C21H24N2O4S/c1-3-26-18-8-10-19(11-9-18)27-13-12-23-20(25)14-28-21(23)16-4-6-17(7-5-16)22-15(2)24/h4-11,21H,3,12-14H2,1-2H3,(H,22,24). The summed E-state index contributed by atoms with van der Waals surface area (Å²) >= 11 is 1.60. The maximum Gasteiger partial charge on any atom is 0.233 e. The Morgan fingerprint density at radius 1 is 1.11 bits per heavy atom. The van der Waals surface area contributed by atoms with Crippen molar-refractivity contribution in [3.8, 4) is 11.5 Å². The molecule has 1 heterocycles. The highest BCUT2D eigenvalue weighted by Crippen LogP contribution is 2.38. The molecule has 1 atom stereocenters. The maximum atomic E-state index is 12.3. The summed E-state index contributed by atoms with van der Waals surface area (Å²) < 4.78 is 11.2. The molecule has 3 rings (SSSR count). The molecule has 7 heteroatoms. The van der Waals surface area contributed by atoms with E-state index in [0.29, 0.717) is 25.5 Å². The van der Waals surface area contributed by atoms with Crippen LogP contribution in [0.25, 0.3) is 0 Å². The first-order valence-electron chi connectivity index (χ1n) is 9.21. The first-order valence-corrected chi connectivity index (χ1v) is 10.3. The van der Waals surface area contributed by atoms with Gasteiger partial charge in [0.2, 0.25) is 11.8 Å². The predicted octanol–water partition coefficient (Wildman–Crippen LogP) is 3.70. The molecule has 2 aromatic carbocycles. The molecule has 1 fully saturated rings. The van der Waals surface area contributed by atoms with Crippen LogP contribution in [-0.2, 0) is 9.59 Å². The van der Waals surface area contributed by atoms with Gasteiger partial charge in [-0.3, -0.25) is 9.59 Å². The van der Waals surface area contributed by atoms with Gasteiger partial charge in [0.05, 0.1) is 18.9 Å². The van der Waals surface area contributed by atoms with Gasteiger partial charge in [-0.05, 0) is 48.9 Å². The van der Waals surface area contributed by atoms with Crippen molar-refractivity contribution in [2.24, 2.45) is 0 Å². The molecule has 28 heavy (non-hydrogen) atoms. The van der Waals surface area contributed by atoms with E-state index in [1.165, 1.54) is 6.92 Å². The quantitative estimate of drug-likeness (QED) is 0.732. The topological polar surface area (TPSA) is 67.9 Å². The summed E-state index contributed by atoms with van der Waals surface area (Å²) in [5.41, 5.74) is 1.78. The Balaban J connectivity index is 1.57. The fourth-order valence-electron chi connectivity index (χ4n) is 2.97. The lowest BCUT2D eigenvalue weighted by Crippen LogP contribution is -2.32. The Morgan fingerprint density at radius 3 is 2.36 bits per heavy atom. The highest BCUT2D eigenvalue weighted by atomic mass is 32.2. The van der Waals surface area contributed by atoms with Crippen molar-refractivity contribution in [2.45, 2.75) is 19.2 Å². The van der Waals surface area contributed by atoms with Crippen molar-refractivity contribution in [2.75, 3.05) is 30.8 Å². The van der Waals surface area contributed by atoms with Gasteiger partial charge in [-0.1, -0.05) is 12.1 Å². The first kappa shape index (κ1) is 20.1. The number of hydrogen-bond acceptors (Lipinski definition) is 5. The molecule has 0 aliphatic carbocycles. The minimum Gasteiger partial charge on any atom is -0.494 e. The molecule has 0 radical (unpaired) electrons. The average Bonchev–Trinajstić information content (AvgIpc) is 3.04. The highest BCUT2D eigenvalue weighted by Gasteiger charge is 2.32. The van der Waals surface area contributed by atoms with Crippen LogP contribution in [0.1, 0.15) is 24.8 Å². The molecule has 148 valence electrons. The average molecular weight is 401 g/mol. The van der Waals surface area contributed by atoms with Gasteiger partial charge in [0.1, 0.15) is 23.5 Å². The zero-order chi connectivity index (χ0) is 19.9. The third kappa shape index (κ3) is 5.19. The van der Waals surface area contributed by atoms with E-state index in [4.69, 9.17) is 9.47 Å². The summed E-state index contributed by atoms with van der Waals surface area (Å²) in [6.45, 7) is 4.98. The van der Waals surface area contributed by atoms with E-state index in [9.17, 15) is 9.59 Å². The summed E-state index contributed by atoms with van der Waals surface area (Å²) in [4.78, 5) is 25.3. The molecule has 0 spiro atoms. The molecule has 2 aromatic rings. The number of nitrogens with zero attached hydrogens (tertiary/aromatic N) is 1. The highest BCUT2D eigenvalue weighted by molar-refractivity contribution is 8.00. The third-order valence-electron chi connectivity index (χ3n) is 4.22. The number of carbonyl (C=O) groups excluding carboxylic acids is 2. The van der Waals surface area contributed by atoms with Gasteiger partial charge in [0.25, 0.3) is 0 Å². The van der Waals surface area contributed by atoms with Crippen LogP contribution in [0.3, 0.4) is 0 Å². The Hall–Kier alpha value is -2.67. The minimum atomic E-state index is -0.105. The smallest absolute Gasteiger partial charge is 0.233 e. The second kappa shape index (κ2) is 9.50. The Kier molecular flexibility index (Phi) is 6.81. The van der Waals surface area contributed by atoms with Gasteiger partial charge in [-0.25, -0.2) is 0 Å². The van der Waals surface area contributed by atoms with E-state index in [1.807, 2.05) is 60.4 Å². The van der Waals surface area contributed by atoms with Crippen LogP contribution in [0, 0.1) is 0 Å². The van der Waals surface area contributed by atoms with Crippen molar-refractivity contribution >= 4 is 29.3 Å². The largest absolute Gasteiger partial charge is 0.494 e. The molecule has 1 N–H and O–H groups in total. The van der Waals surface area contributed by atoms with Crippen LogP contribution in [0.5, 0.6) is 11.5 Å². The number of nitrogens with one attached hydrogen (secondary N) is 1. The lowest BCUT2D eigenvalue weighted by atomic mass is 10.2. The van der Waals surface area contributed by atoms with Gasteiger partial charge in [-0.15, -0.1) is 11.8 Å². The lowest BCUT2D eigenvalue weighted by Gasteiger charge is -2.24.